The van der Waals surface area contributed by atoms with Crippen LogP contribution in [0.3, 0.4) is 0 Å². The van der Waals surface area contributed by atoms with Crippen molar-refractivity contribution >= 4 is 11.7 Å². The Hall–Kier alpha value is -1.66. The van der Waals surface area contributed by atoms with Crippen LogP contribution in [-0.2, 0) is 4.74 Å². The Labute approximate surface area is 107 Å². The maximum atomic E-state index is 11.7. The van der Waals surface area contributed by atoms with E-state index in [1.165, 1.54) is 0 Å². The maximum Gasteiger partial charge on any atom is 0.270 e. The lowest BCUT2D eigenvalue weighted by Gasteiger charge is -2.06. The highest BCUT2D eigenvalue weighted by atomic mass is 16.5. The number of nitrogens with zero attached hydrogens (tertiary/aromatic N) is 1. The van der Waals surface area contributed by atoms with Gasteiger partial charge in [-0.1, -0.05) is 19.4 Å². The van der Waals surface area contributed by atoms with Crippen molar-refractivity contribution in [1.29, 1.82) is 0 Å². The summed E-state index contributed by atoms with van der Waals surface area (Å²) in [6.07, 6.45) is 2.15. The molecule has 0 aliphatic rings. The third-order valence-corrected chi connectivity index (χ3v) is 2.30. The summed E-state index contributed by atoms with van der Waals surface area (Å²) in [4.78, 5) is 15.7. The Bertz CT molecular complexity index is 371. The quantitative estimate of drug-likeness (QED) is 0.363. The second-order valence-corrected chi connectivity index (χ2v) is 3.77. The molecular weight excluding hydrogens is 232 g/mol. The molecule has 1 aromatic rings. The van der Waals surface area contributed by atoms with E-state index in [1.54, 1.807) is 18.2 Å². The fourth-order valence-electron chi connectivity index (χ4n) is 1.32. The molecule has 1 aromatic heterocycles. The number of nitrogens with two attached hydrogens (primary N) is 1. The SMILES string of the molecule is CCCCOCCNC(=O)c1cccc(NN)n1. The van der Waals surface area contributed by atoms with Crippen LogP contribution in [0.1, 0.15) is 30.3 Å². The Kier molecular flexibility index (Phi) is 6.75. The van der Waals surface area contributed by atoms with Gasteiger partial charge in [0, 0.05) is 13.2 Å². The zero-order valence-electron chi connectivity index (χ0n) is 10.6. The van der Waals surface area contributed by atoms with Crippen molar-refractivity contribution in [3.8, 4) is 0 Å². The van der Waals surface area contributed by atoms with Crippen molar-refractivity contribution < 1.29 is 9.53 Å². The number of carbonyl (C=O) groups is 1. The van der Waals surface area contributed by atoms with Gasteiger partial charge in [-0.05, 0) is 18.6 Å². The van der Waals surface area contributed by atoms with E-state index in [0.29, 0.717) is 24.7 Å². The standard InChI is InChI=1S/C12H20N4O2/c1-2-3-8-18-9-7-14-12(17)10-5-4-6-11(15-10)16-13/h4-6H,2-3,7-9,13H2,1H3,(H,14,17)(H,15,16). The van der Waals surface area contributed by atoms with Crippen molar-refractivity contribution in [2.45, 2.75) is 19.8 Å². The maximum absolute atomic E-state index is 11.7. The summed E-state index contributed by atoms with van der Waals surface area (Å²) < 4.78 is 5.34. The van der Waals surface area contributed by atoms with Crippen LogP contribution in [0.4, 0.5) is 5.82 Å². The molecule has 1 amide bonds. The average Bonchev–Trinajstić information content (AvgIpc) is 2.42. The van der Waals surface area contributed by atoms with Gasteiger partial charge < -0.3 is 15.5 Å². The minimum Gasteiger partial charge on any atom is -0.380 e. The van der Waals surface area contributed by atoms with Crippen molar-refractivity contribution in [3.63, 3.8) is 0 Å². The molecule has 0 aliphatic heterocycles. The Morgan fingerprint density at radius 1 is 1.44 bits per heavy atom. The van der Waals surface area contributed by atoms with Gasteiger partial charge >= 0.3 is 0 Å². The number of unbranched alkanes of at least 4 members (excludes halogenated alkanes) is 1. The lowest BCUT2D eigenvalue weighted by molar-refractivity contribution is 0.0908. The van der Waals surface area contributed by atoms with Crippen LogP contribution >= 0.6 is 0 Å². The van der Waals surface area contributed by atoms with E-state index in [1.807, 2.05) is 0 Å². The Morgan fingerprint density at radius 2 is 2.28 bits per heavy atom. The van der Waals surface area contributed by atoms with Gasteiger partial charge in [0.1, 0.15) is 11.5 Å². The van der Waals surface area contributed by atoms with Gasteiger partial charge in [-0.25, -0.2) is 10.8 Å². The summed E-state index contributed by atoms with van der Waals surface area (Å²) in [5.74, 6) is 5.45. The van der Waals surface area contributed by atoms with E-state index >= 15 is 0 Å². The number of aromatic nitrogens is 1. The lowest BCUT2D eigenvalue weighted by Crippen LogP contribution is -2.28. The molecule has 4 N–H and O–H groups in total. The molecule has 0 radical (unpaired) electrons. The molecule has 0 atom stereocenters. The van der Waals surface area contributed by atoms with E-state index in [-0.39, 0.29) is 5.91 Å². The highest BCUT2D eigenvalue weighted by Gasteiger charge is 2.06. The van der Waals surface area contributed by atoms with Crippen LogP contribution in [0.15, 0.2) is 18.2 Å². The number of hydrogen-bond donors (Lipinski definition) is 3. The van der Waals surface area contributed by atoms with E-state index in [2.05, 4.69) is 22.7 Å². The smallest absolute Gasteiger partial charge is 0.270 e. The van der Waals surface area contributed by atoms with E-state index < -0.39 is 0 Å². The molecule has 0 aromatic carbocycles. The van der Waals surface area contributed by atoms with Crippen molar-refractivity contribution in [1.82, 2.24) is 10.3 Å². The Morgan fingerprint density at radius 3 is 3.00 bits per heavy atom. The first-order valence-electron chi connectivity index (χ1n) is 6.07. The number of ether oxygens (including phenoxy) is 1. The van der Waals surface area contributed by atoms with Crippen molar-refractivity contribution in [2.75, 3.05) is 25.2 Å². The predicted molar refractivity (Wildman–Crippen MR) is 70.1 cm³/mol. The van der Waals surface area contributed by atoms with Crippen molar-refractivity contribution in [3.05, 3.63) is 23.9 Å². The van der Waals surface area contributed by atoms with Crippen LogP contribution in [0.25, 0.3) is 0 Å². The largest absolute Gasteiger partial charge is 0.380 e. The summed E-state index contributed by atoms with van der Waals surface area (Å²) in [7, 11) is 0. The molecule has 0 bridgehead atoms. The highest BCUT2D eigenvalue weighted by Crippen LogP contribution is 2.02. The van der Waals surface area contributed by atoms with Crippen LogP contribution in [0, 0.1) is 0 Å². The van der Waals surface area contributed by atoms with E-state index in [0.717, 1.165) is 19.4 Å². The number of nitrogen functional groups attached to an aromatic ring is 1. The minimum absolute atomic E-state index is 0.230. The van der Waals surface area contributed by atoms with Gasteiger partial charge in [-0.2, -0.15) is 0 Å². The highest BCUT2D eigenvalue weighted by molar-refractivity contribution is 5.92. The molecule has 6 nitrogen and oxygen atoms in total. The number of hydrazine groups is 1. The minimum atomic E-state index is -0.230. The number of nitrogens with one attached hydrogen (secondary N) is 2. The molecule has 0 saturated carbocycles. The first-order chi connectivity index (χ1) is 8.77. The molecule has 0 fully saturated rings. The molecule has 1 rings (SSSR count). The normalized spacial score (nSPS) is 10.1. The van der Waals surface area contributed by atoms with E-state index in [4.69, 9.17) is 10.6 Å². The molecular formula is C12H20N4O2. The fourth-order valence-corrected chi connectivity index (χ4v) is 1.32. The molecule has 0 spiro atoms. The fraction of sp³-hybridized carbons (Fsp3) is 0.500. The molecule has 1 heterocycles. The summed E-state index contributed by atoms with van der Waals surface area (Å²) in [5.41, 5.74) is 2.73. The number of pyridine rings is 1. The van der Waals surface area contributed by atoms with Gasteiger partial charge in [0.25, 0.3) is 5.91 Å². The second-order valence-electron chi connectivity index (χ2n) is 3.77. The van der Waals surface area contributed by atoms with Gasteiger partial charge in [0.15, 0.2) is 0 Å². The monoisotopic (exact) mass is 252 g/mol. The van der Waals surface area contributed by atoms with Crippen LogP contribution in [0.2, 0.25) is 0 Å². The molecule has 18 heavy (non-hydrogen) atoms. The average molecular weight is 252 g/mol. The number of rotatable bonds is 8. The molecule has 0 saturated heterocycles. The third kappa shape index (κ3) is 5.11. The zero-order chi connectivity index (χ0) is 13.2. The van der Waals surface area contributed by atoms with Crippen LogP contribution in [-0.4, -0.2) is 30.6 Å². The van der Waals surface area contributed by atoms with Gasteiger partial charge in [-0.15, -0.1) is 0 Å². The van der Waals surface area contributed by atoms with Gasteiger partial charge in [-0.3, -0.25) is 4.79 Å². The molecule has 6 heteroatoms. The molecule has 0 aliphatic carbocycles. The zero-order valence-corrected chi connectivity index (χ0v) is 10.6. The van der Waals surface area contributed by atoms with Crippen LogP contribution < -0.4 is 16.6 Å². The summed E-state index contributed by atoms with van der Waals surface area (Å²) in [6, 6.07) is 5.04. The number of anilines is 1. The first-order valence-corrected chi connectivity index (χ1v) is 6.07. The number of hydrogen-bond acceptors (Lipinski definition) is 5. The predicted octanol–water partition coefficient (Wildman–Crippen LogP) is 0.914. The van der Waals surface area contributed by atoms with E-state index in [9.17, 15) is 4.79 Å². The topological polar surface area (TPSA) is 89.3 Å². The Balaban J connectivity index is 2.27. The molecule has 0 unspecified atom stereocenters. The summed E-state index contributed by atoms with van der Waals surface area (Å²) in [5, 5.41) is 2.73. The summed E-state index contributed by atoms with van der Waals surface area (Å²) >= 11 is 0. The van der Waals surface area contributed by atoms with Gasteiger partial charge in [0.2, 0.25) is 0 Å². The second kappa shape index (κ2) is 8.43. The molecule has 100 valence electrons. The van der Waals surface area contributed by atoms with Gasteiger partial charge in [0.05, 0.1) is 6.61 Å². The van der Waals surface area contributed by atoms with Crippen molar-refractivity contribution in [2.24, 2.45) is 5.84 Å². The summed E-state index contributed by atoms with van der Waals surface area (Å²) in [6.45, 7) is 3.83. The third-order valence-electron chi connectivity index (χ3n) is 2.30. The number of amides is 1. The van der Waals surface area contributed by atoms with Crippen LogP contribution in [0.5, 0.6) is 0 Å². The number of carbonyl (C=O) groups excluding carboxylic acids is 1. The first kappa shape index (κ1) is 14.4. The lowest BCUT2D eigenvalue weighted by atomic mass is 10.3.